The molecular weight excluding hydrogens is 294 g/mol. The molecule has 2 rings (SSSR count). The van der Waals surface area contributed by atoms with Crippen molar-refractivity contribution in [1.82, 2.24) is 9.78 Å². The summed E-state index contributed by atoms with van der Waals surface area (Å²) >= 11 is 0. The maximum Gasteiger partial charge on any atom is 0.358 e. The molecule has 7 nitrogen and oxygen atoms in total. The summed E-state index contributed by atoms with van der Waals surface area (Å²) in [5.41, 5.74) is 5.54. The molecule has 2 aromatic rings. The number of benzene rings is 1. The molecule has 0 aliphatic heterocycles. The Bertz CT molecular complexity index is 780. The number of carboxylic acids is 1. The summed E-state index contributed by atoms with van der Waals surface area (Å²) in [6.07, 6.45) is 1.78. The number of carbonyl (C=O) groups is 1. The molecule has 0 atom stereocenters. The third-order valence-corrected chi connectivity index (χ3v) is 4.83. The predicted octanol–water partition coefficient (Wildman–Crippen LogP) is 1.34. The topological polar surface area (TPSA) is 115 Å². The van der Waals surface area contributed by atoms with E-state index >= 15 is 0 Å². The third-order valence-electron chi connectivity index (χ3n) is 2.87. The summed E-state index contributed by atoms with van der Waals surface area (Å²) in [5, 5.41) is 12.8. The fourth-order valence-electron chi connectivity index (χ4n) is 1.96. The minimum Gasteiger partial charge on any atom is -0.476 e. The van der Waals surface area contributed by atoms with Crippen LogP contribution in [0.5, 0.6) is 0 Å². The first-order chi connectivity index (χ1) is 9.86. The van der Waals surface area contributed by atoms with Gasteiger partial charge in [0.15, 0.2) is 15.5 Å². The minimum absolute atomic E-state index is 0.00650. The summed E-state index contributed by atoms with van der Waals surface area (Å²) in [4.78, 5) is 11.1. The van der Waals surface area contributed by atoms with E-state index in [2.05, 4.69) is 5.10 Å². The molecule has 1 aromatic carbocycles. The maximum absolute atomic E-state index is 12.3. The number of carboxylic acid groups (broad SMARTS) is 1. The lowest BCUT2D eigenvalue weighted by atomic mass is 10.3. The SMILES string of the molecule is CCCS(=O)(=O)c1ccccc1-n1cc(N)c(C(=O)O)n1. The van der Waals surface area contributed by atoms with Gasteiger partial charge in [0.1, 0.15) is 0 Å². The van der Waals surface area contributed by atoms with Crippen molar-refractivity contribution in [2.75, 3.05) is 11.5 Å². The lowest BCUT2D eigenvalue weighted by Crippen LogP contribution is -2.11. The molecule has 1 aromatic heterocycles. The van der Waals surface area contributed by atoms with Gasteiger partial charge in [-0.25, -0.2) is 17.9 Å². The van der Waals surface area contributed by atoms with E-state index in [0.717, 1.165) is 0 Å². The van der Waals surface area contributed by atoms with E-state index in [1.165, 1.54) is 16.9 Å². The van der Waals surface area contributed by atoms with Gasteiger partial charge >= 0.3 is 5.97 Å². The van der Waals surface area contributed by atoms with Gasteiger partial charge in [-0.1, -0.05) is 19.1 Å². The normalized spacial score (nSPS) is 11.5. The maximum atomic E-state index is 12.3. The third kappa shape index (κ3) is 2.89. The monoisotopic (exact) mass is 309 g/mol. The van der Waals surface area contributed by atoms with E-state index < -0.39 is 15.8 Å². The lowest BCUT2D eigenvalue weighted by Gasteiger charge is -2.09. The zero-order valence-electron chi connectivity index (χ0n) is 11.4. The molecule has 0 spiro atoms. The van der Waals surface area contributed by atoms with Crippen molar-refractivity contribution in [3.63, 3.8) is 0 Å². The molecule has 8 heteroatoms. The van der Waals surface area contributed by atoms with Crippen LogP contribution in [0.15, 0.2) is 35.4 Å². The van der Waals surface area contributed by atoms with Gasteiger partial charge in [0, 0.05) is 0 Å². The second-order valence-corrected chi connectivity index (χ2v) is 6.55. The number of anilines is 1. The average molecular weight is 309 g/mol. The van der Waals surface area contributed by atoms with Gasteiger partial charge in [-0.05, 0) is 18.6 Å². The summed E-state index contributed by atoms with van der Waals surface area (Å²) in [6, 6.07) is 6.29. The van der Waals surface area contributed by atoms with Crippen molar-refractivity contribution < 1.29 is 18.3 Å². The van der Waals surface area contributed by atoms with Crippen molar-refractivity contribution in [1.29, 1.82) is 0 Å². The number of aromatic nitrogens is 2. The predicted molar refractivity (Wildman–Crippen MR) is 77.3 cm³/mol. The largest absolute Gasteiger partial charge is 0.476 e. The molecule has 0 aliphatic carbocycles. The van der Waals surface area contributed by atoms with Crippen molar-refractivity contribution in [2.24, 2.45) is 0 Å². The number of nitrogen functional groups attached to an aromatic ring is 1. The highest BCUT2D eigenvalue weighted by Crippen LogP contribution is 2.23. The molecular formula is C13H15N3O4S. The number of nitrogens with two attached hydrogens (primary N) is 1. The van der Waals surface area contributed by atoms with Crippen LogP contribution in [0, 0.1) is 0 Å². The molecule has 0 unspecified atom stereocenters. The fraction of sp³-hybridized carbons (Fsp3) is 0.231. The molecule has 0 saturated heterocycles. The van der Waals surface area contributed by atoms with E-state index in [1.54, 1.807) is 25.1 Å². The minimum atomic E-state index is -3.46. The first kappa shape index (κ1) is 15.0. The highest BCUT2D eigenvalue weighted by Gasteiger charge is 2.21. The van der Waals surface area contributed by atoms with Crippen molar-refractivity contribution in [3.05, 3.63) is 36.2 Å². The smallest absolute Gasteiger partial charge is 0.358 e. The average Bonchev–Trinajstić information content (AvgIpc) is 2.81. The van der Waals surface area contributed by atoms with E-state index in [-0.39, 0.29) is 27.7 Å². The van der Waals surface area contributed by atoms with E-state index in [9.17, 15) is 13.2 Å². The highest BCUT2D eigenvalue weighted by atomic mass is 32.2. The van der Waals surface area contributed by atoms with E-state index in [0.29, 0.717) is 6.42 Å². The first-order valence-corrected chi connectivity index (χ1v) is 7.92. The van der Waals surface area contributed by atoms with Gasteiger partial charge in [0.05, 0.1) is 28.2 Å². The zero-order valence-corrected chi connectivity index (χ0v) is 12.2. The number of rotatable bonds is 5. The number of nitrogens with zero attached hydrogens (tertiary/aromatic N) is 2. The van der Waals surface area contributed by atoms with Crippen LogP contribution < -0.4 is 5.73 Å². The van der Waals surface area contributed by atoms with Crippen LogP contribution in [0.1, 0.15) is 23.8 Å². The number of para-hydroxylation sites is 1. The second-order valence-electron chi connectivity index (χ2n) is 4.47. The molecule has 112 valence electrons. The lowest BCUT2D eigenvalue weighted by molar-refractivity contribution is 0.0691. The Hall–Kier alpha value is -2.35. The summed E-state index contributed by atoms with van der Waals surface area (Å²) in [5.74, 6) is -1.26. The van der Waals surface area contributed by atoms with Gasteiger partial charge in [-0.3, -0.25) is 0 Å². The molecule has 21 heavy (non-hydrogen) atoms. The van der Waals surface area contributed by atoms with Crippen LogP contribution in [-0.2, 0) is 9.84 Å². The van der Waals surface area contributed by atoms with Gasteiger partial charge in [0.2, 0.25) is 0 Å². The first-order valence-electron chi connectivity index (χ1n) is 6.27. The Morgan fingerprint density at radius 2 is 2.05 bits per heavy atom. The number of hydrogen-bond donors (Lipinski definition) is 2. The fourth-order valence-corrected chi connectivity index (χ4v) is 3.49. The van der Waals surface area contributed by atoms with Gasteiger partial charge in [-0.15, -0.1) is 0 Å². The number of sulfone groups is 1. The molecule has 0 bridgehead atoms. The molecule has 0 radical (unpaired) electrons. The van der Waals surface area contributed by atoms with Gasteiger partial charge < -0.3 is 10.8 Å². The standard InChI is InChI=1S/C13H15N3O4S/c1-2-7-21(19,20)11-6-4-3-5-10(11)16-8-9(14)12(15-16)13(17)18/h3-6,8H,2,7,14H2,1H3,(H,17,18). The van der Waals surface area contributed by atoms with E-state index in [1.807, 2.05) is 0 Å². The molecule has 0 aliphatic rings. The molecule has 0 fully saturated rings. The highest BCUT2D eigenvalue weighted by molar-refractivity contribution is 7.91. The summed E-state index contributed by atoms with van der Waals surface area (Å²) < 4.78 is 25.7. The Kier molecular flexibility index (Phi) is 3.99. The van der Waals surface area contributed by atoms with Crippen LogP contribution in [0.4, 0.5) is 5.69 Å². The molecule has 0 amide bonds. The summed E-state index contributed by atoms with van der Waals surface area (Å²) in [7, 11) is -3.46. The molecule has 0 saturated carbocycles. The van der Waals surface area contributed by atoms with Crippen LogP contribution in [0.2, 0.25) is 0 Å². The Morgan fingerprint density at radius 3 is 2.62 bits per heavy atom. The van der Waals surface area contributed by atoms with Crippen molar-refractivity contribution >= 4 is 21.5 Å². The Labute approximate surface area is 121 Å². The van der Waals surface area contributed by atoms with Crippen molar-refractivity contribution in [2.45, 2.75) is 18.2 Å². The quantitative estimate of drug-likeness (QED) is 0.861. The Morgan fingerprint density at radius 1 is 1.38 bits per heavy atom. The van der Waals surface area contributed by atoms with Crippen LogP contribution >= 0.6 is 0 Å². The molecule has 1 heterocycles. The van der Waals surface area contributed by atoms with Crippen molar-refractivity contribution in [3.8, 4) is 5.69 Å². The summed E-state index contributed by atoms with van der Waals surface area (Å²) in [6.45, 7) is 1.77. The zero-order chi connectivity index (χ0) is 15.6. The van der Waals surface area contributed by atoms with Crippen LogP contribution in [0.3, 0.4) is 0 Å². The van der Waals surface area contributed by atoms with Crippen LogP contribution in [-0.4, -0.2) is 35.0 Å². The van der Waals surface area contributed by atoms with E-state index in [4.69, 9.17) is 10.8 Å². The van der Waals surface area contributed by atoms with Gasteiger partial charge in [0.25, 0.3) is 0 Å². The number of hydrogen-bond acceptors (Lipinski definition) is 5. The van der Waals surface area contributed by atoms with Gasteiger partial charge in [-0.2, -0.15) is 5.10 Å². The van der Waals surface area contributed by atoms with Crippen LogP contribution in [0.25, 0.3) is 5.69 Å². The number of aromatic carboxylic acids is 1. The second kappa shape index (κ2) is 5.57. The molecule has 3 N–H and O–H groups in total. The Balaban J connectivity index is 2.61.